The quantitative estimate of drug-likeness (QED) is 0.0978. The SMILES string of the molecule is Cc1cc(NC(=O)c2ccc(CN3CCN(CCCC(C)(O)C#CCOc4cccc5c4C(=O)N(C4CCCC(=O)NC4=O)C5=O)CC3)cc2)ccc1Cc1nccc(-c2cccnc2)n1. The third kappa shape index (κ3) is 11.0. The maximum atomic E-state index is 13.4. The van der Waals surface area contributed by atoms with Gasteiger partial charge in [0, 0.05) is 81.0 Å². The smallest absolute Gasteiger partial charge is 0.266 e. The van der Waals surface area contributed by atoms with Crippen molar-refractivity contribution in [3.8, 4) is 28.8 Å². The Bertz CT molecular complexity index is 2690. The maximum Gasteiger partial charge on any atom is 0.266 e. The molecule has 3 aliphatic heterocycles. The second-order valence-corrected chi connectivity index (χ2v) is 17.1. The Morgan fingerprint density at radius 2 is 1.76 bits per heavy atom. The Hall–Kier alpha value is -7.12. The van der Waals surface area contributed by atoms with Gasteiger partial charge in [-0.05, 0) is 117 Å². The third-order valence-electron chi connectivity index (χ3n) is 12.2. The highest BCUT2D eigenvalue weighted by atomic mass is 16.5. The number of aliphatic hydroxyl groups is 1. The number of carbonyl (C=O) groups excluding carboxylic acids is 5. The predicted molar refractivity (Wildman–Crippen MR) is 246 cm³/mol. The maximum absolute atomic E-state index is 13.4. The van der Waals surface area contributed by atoms with Gasteiger partial charge in [0.1, 0.15) is 29.8 Å². The molecule has 15 heteroatoms. The van der Waals surface area contributed by atoms with E-state index in [1.807, 2.05) is 67.6 Å². The van der Waals surface area contributed by atoms with Crippen molar-refractivity contribution in [3.63, 3.8) is 0 Å². The van der Waals surface area contributed by atoms with Crippen molar-refractivity contribution < 1.29 is 33.8 Å². The van der Waals surface area contributed by atoms with Gasteiger partial charge in [0.05, 0.1) is 16.8 Å². The second kappa shape index (κ2) is 20.4. The van der Waals surface area contributed by atoms with Crippen molar-refractivity contribution in [2.75, 3.05) is 44.6 Å². The molecule has 8 rings (SSSR count). The zero-order chi connectivity index (χ0) is 46.2. The van der Waals surface area contributed by atoms with Gasteiger partial charge in [-0.2, -0.15) is 0 Å². The topological polar surface area (TPSA) is 187 Å². The summed E-state index contributed by atoms with van der Waals surface area (Å²) in [5, 5.41) is 16.3. The molecule has 3 aromatic carbocycles. The van der Waals surface area contributed by atoms with Crippen LogP contribution in [-0.2, 0) is 22.6 Å². The number of hydrogen-bond acceptors (Lipinski definition) is 12. The Kier molecular flexibility index (Phi) is 14.0. The minimum atomic E-state index is -1.26. The van der Waals surface area contributed by atoms with E-state index in [0.717, 1.165) is 84.2 Å². The van der Waals surface area contributed by atoms with E-state index < -0.39 is 35.3 Å². The van der Waals surface area contributed by atoms with Crippen LogP contribution in [0.3, 0.4) is 0 Å². The number of amides is 5. The predicted octanol–water partition coefficient (Wildman–Crippen LogP) is 5.21. The van der Waals surface area contributed by atoms with Crippen LogP contribution in [0.5, 0.6) is 5.75 Å². The van der Waals surface area contributed by atoms with Crippen molar-refractivity contribution in [1.82, 2.24) is 35.0 Å². The molecule has 0 bridgehead atoms. The Balaban J connectivity index is 0.743. The lowest BCUT2D eigenvalue weighted by Crippen LogP contribution is -2.49. The summed E-state index contributed by atoms with van der Waals surface area (Å²) < 4.78 is 5.82. The van der Waals surface area contributed by atoms with E-state index in [9.17, 15) is 29.1 Å². The summed E-state index contributed by atoms with van der Waals surface area (Å²) in [7, 11) is 0. The summed E-state index contributed by atoms with van der Waals surface area (Å²) in [6, 6.07) is 22.9. The van der Waals surface area contributed by atoms with Crippen molar-refractivity contribution in [1.29, 1.82) is 0 Å². The first-order valence-electron chi connectivity index (χ1n) is 22.3. The number of nitrogens with one attached hydrogen (secondary N) is 2. The van der Waals surface area contributed by atoms with Gasteiger partial charge in [0.25, 0.3) is 17.7 Å². The summed E-state index contributed by atoms with van der Waals surface area (Å²) in [5.74, 6) is 4.08. The Labute approximate surface area is 383 Å². The summed E-state index contributed by atoms with van der Waals surface area (Å²) in [4.78, 5) is 83.4. The number of piperazine rings is 1. The van der Waals surface area contributed by atoms with Gasteiger partial charge in [0.2, 0.25) is 11.8 Å². The van der Waals surface area contributed by atoms with Crippen molar-refractivity contribution >= 4 is 35.2 Å². The van der Waals surface area contributed by atoms with E-state index in [1.165, 1.54) is 6.07 Å². The number of aromatic nitrogens is 3. The molecule has 5 amide bonds. The molecule has 0 aliphatic carbocycles. The fraction of sp³-hybridized carbons (Fsp3) is 0.333. The zero-order valence-electron chi connectivity index (χ0n) is 37.1. The molecule has 2 aromatic heterocycles. The lowest BCUT2D eigenvalue weighted by molar-refractivity contribution is -0.131. The van der Waals surface area contributed by atoms with E-state index in [0.29, 0.717) is 30.7 Å². The Morgan fingerprint density at radius 3 is 2.53 bits per heavy atom. The number of nitrogens with zero attached hydrogens (tertiary/aromatic N) is 6. The summed E-state index contributed by atoms with van der Waals surface area (Å²) in [6.45, 7) is 8.75. The highest BCUT2D eigenvalue weighted by molar-refractivity contribution is 6.24. The average Bonchev–Trinajstić information content (AvgIpc) is 3.44. The molecule has 3 aliphatic rings. The molecule has 0 saturated carbocycles. The van der Waals surface area contributed by atoms with Crippen LogP contribution in [0, 0.1) is 18.8 Å². The number of imide groups is 2. The Morgan fingerprint density at radius 1 is 0.955 bits per heavy atom. The largest absolute Gasteiger partial charge is 0.480 e. The van der Waals surface area contributed by atoms with Crippen LogP contribution in [0.25, 0.3) is 11.3 Å². The molecular formula is C51H52N8O7. The number of fused-ring (bicyclic) bond motifs is 1. The van der Waals surface area contributed by atoms with Gasteiger partial charge in [-0.1, -0.05) is 36.1 Å². The van der Waals surface area contributed by atoms with Gasteiger partial charge in [-0.3, -0.25) is 44.1 Å². The van der Waals surface area contributed by atoms with Gasteiger partial charge in [-0.15, -0.1) is 0 Å². The third-order valence-corrected chi connectivity index (χ3v) is 12.2. The van der Waals surface area contributed by atoms with Crippen LogP contribution in [0.15, 0.2) is 97.5 Å². The number of carbonyl (C=O) groups is 5. The number of rotatable bonds is 14. The molecule has 0 radical (unpaired) electrons. The molecule has 15 nitrogen and oxygen atoms in total. The fourth-order valence-electron chi connectivity index (χ4n) is 8.54. The molecule has 0 spiro atoms. The lowest BCUT2D eigenvalue weighted by Gasteiger charge is -2.35. The van der Waals surface area contributed by atoms with Gasteiger partial charge >= 0.3 is 0 Å². The normalized spacial score (nSPS) is 17.6. The summed E-state index contributed by atoms with van der Waals surface area (Å²) >= 11 is 0. The van der Waals surface area contributed by atoms with Gasteiger partial charge < -0.3 is 20.1 Å². The summed E-state index contributed by atoms with van der Waals surface area (Å²) in [6.07, 6.45) is 7.75. The highest BCUT2D eigenvalue weighted by Crippen LogP contribution is 2.34. The van der Waals surface area contributed by atoms with Crippen LogP contribution in [0.1, 0.15) is 92.6 Å². The first kappa shape index (κ1) is 45.4. The lowest BCUT2D eigenvalue weighted by atomic mass is 10.0. The van der Waals surface area contributed by atoms with Gasteiger partial charge in [-0.25, -0.2) is 9.97 Å². The molecule has 2 atom stereocenters. The first-order valence-corrected chi connectivity index (χ1v) is 22.3. The van der Waals surface area contributed by atoms with E-state index in [2.05, 4.69) is 42.2 Å². The van der Waals surface area contributed by atoms with E-state index in [4.69, 9.17) is 9.72 Å². The van der Waals surface area contributed by atoms with E-state index in [-0.39, 0.29) is 42.2 Å². The summed E-state index contributed by atoms with van der Waals surface area (Å²) in [5.41, 5.74) is 5.24. The molecule has 5 aromatic rings. The fourth-order valence-corrected chi connectivity index (χ4v) is 8.54. The molecule has 3 N–H and O–H groups in total. The minimum absolute atomic E-state index is 0.0551. The molecule has 5 heterocycles. The molecule has 338 valence electrons. The second-order valence-electron chi connectivity index (χ2n) is 17.1. The molecular weight excluding hydrogens is 837 g/mol. The molecule has 2 saturated heterocycles. The van der Waals surface area contributed by atoms with Crippen LogP contribution in [-0.4, -0.2) is 115 Å². The zero-order valence-corrected chi connectivity index (χ0v) is 37.1. The number of ether oxygens (including phenoxy) is 1. The van der Waals surface area contributed by atoms with Crippen molar-refractivity contribution in [2.45, 2.75) is 70.6 Å². The molecule has 2 unspecified atom stereocenters. The number of aryl methyl sites for hydroxylation is 1. The first-order chi connectivity index (χ1) is 31.9. The van der Waals surface area contributed by atoms with Crippen molar-refractivity contribution in [3.05, 3.63) is 137 Å². The molecule has 66 heavy (non-hydrogen) atoms. The van der Waals surface area contributed by atoms with Crippen LogP contribution in [0.4, 0.5) is 5.69 Å². The monoisotopic (exact) mass is 888 g/mol. The molecule has 2 fully saturated rings. The average molecular weight is 889 g/mol. The standard InChI is InChI=1S/C51H52N8O7/c1-34-30-39(18-17-37(34)31-44-53-23-19-41(55-44)38-8-5-22-52-32-38)54-47(61)36-15-13-35(14-16-36)33-58-27-25-57(26-28-58)24-6-20-51(2,65)21-7-29-66-43-11-3-9-40-46(43)50(64)59(49(40)63)42-10-4-12-45(60)56-48(42)62/h3,5,8-9,11,13-19,22-23,30,32,42,65H,4,6,10,12,20,24-29,31,33H2,1-2H3,(H,54,61)(H,56,60,62). The van der Waals surface area contributed by atoms with E-state index in [1.54, 1.807) is 37.6 Å². The van der Waals surface area contributed by atoms with Crippen LogP contribution < -0.4 is 15.4 Å². The number of pyridine rings is 1. The van der Waals surface area contributed by atoms with Crippen LogP contribution >= 0.6 is 0 Å². The number of hydrogen-bond donors (Lipinski definition) is 3. The number of benzene rings is 3. The number of anilines is 1. The van der Waals surface area contributed by atoms with Gasteiger partial charge in [0.15, 0.2) is 0 Å². The van der Waals surface area contributed by atoms with Crippen molar-refractivity contribution in [2.24, 2.45) is 0 Å². The highest BCUT2D eigenvalue weighted by Gasteiger charge is 2.45. The van der Waals surface area contributed by atoms with Crippen LogP contribution in [0.2, 0.25) is 0 Å². The minimum Gasteiger partial charge on any atom is -0.480 e. The van der Waals surface area contributed by atoms with E-state index >= 15 is 0 Å².